The third kappa shape index (κ3) is 4.55. The average molecular weight is 481 g/mol. The molecule has 0 saturated heterocycles. The quantitative estimate of drug-likeness (QED) is 0.247. The highest BCUT2D eigenvalue weighted by atomic mass is 79.9. The highest BCUT2D eigenvalue weighted by Gasteiger charge is 2.14. The number of halogens is 1. The summed E-state index contributed by atoms with van der Waals surface area (Å²) >= 11 is 5.25. The standard InChI is InChI=1S/C24H21BrN2O2S/c1-29-19-6-4-5-17(15-19)24(28)26-13-14-30-23-20-7-2-3-8-21(20)27-22(23)16-9-11-18(25)12-10-16/h2-12,15,27H,13-14H2,1H3,(H,26,28). The average Bonchev–Trinajstić information content (AvgIpc) is 3.15. The van der Waals surface area contributed by atoms with E-state index in [-0.39, 0.29) is 5.91 Å². The van der Waals surface area contributed by atoms with E-state index >= 15 is 0 Å². The maximum Gasteiger partial charge on any atom is 0.251 e. The summed E-state index contributed by atoms with van der Waals surface area (Å²) in [6.07, 6.45) is 0. The third-order valence-electron chi connectivity index (χ3n) is 4.76. The van der Waals surface area contributed by atoms with Gasteiger partial charge in [-0.15, -0.1) is 11.8 Å². The minimum Gasteiger partial charge on any atom is -0.497 e. The van der Waals surface area contributed by atoms with E-state index in [9.17, 15) is 4.79 Å². The minimum atomic E-state index is -0.0958. The van der Waals surface area contributed by atoms with Crippen LogP contribution in [-0.4, -0.2) is 30.3 Å². The predicted octanol–water partition coefficient (Wildman–Crippen LogP) is 6.13. The fraction of sp³-hybridized carbons (Fsp3) is 0.125. The van der Waals surface area contributed by atoms with Gasteiger partial charge in [-0.05, 0) is 42.0 Å². The van der Waals surface area contributed by atoms with Gasteiger partial charge >= 0.3 is 0 Å². The summed E-state index contributed by atoms with van der Waals surface area (Å²) in [5.74, 6) is 1.35. The van der Waals surface area contributed by atoms with E-state index in [0.717, 1.165) is 27.0 Å². The molecular formula is C24H21BrN2O2S. The van der Waals surface area contributed by atoms with E-state index < -0.39 is 0 Å². The van der Waals surface area contributed by atoms with Gasteiger partial charge in [-0.25, -0.2) is 0 Å². The lowest BCUT2D eigenvalue weighted by molar-refractivity contribution is 0.0956. The first kappa shape index (κ1) is 20.6. The summed E-state index contributed by atoms with van der Waals surface area (Å²) < 4.78 is 6.25. The number of hydrogen-bond donors (Lipinski definition) is 2. The molecule has 0 aliphatic rings. The minimum absolute atomic E-state index is 0.0958. The third-order valence-corrected chi connectivity index (χ3v) is 6.41. The molecule has 3 aromatic carbocycles. The number of carbonyl (C=O) groups excluding carboxylic acids is 1. The van der Waals surface area contributed by atoms with E-state index in [1.165, 1.54) is 10.3 Å². The molecule has 0 aliphatic carbocycles. The monoisotopic (exact) mass is 480 g/mol. The Morgan fingerprint density at radius 2 is 1.87 bits per heavy atom. The number of amides is 1. The number of para-hydroxylation sites is 1. The van der Waals surface area contributed by atoms with Gasteiger partial charge in [0.15, 0.2) is 0 Å². The molecule has 152 valence electrons. The number of H-pyrrole nitrogens is 1. The lowest BCUT2D eigenvalue weighted by Gasteiger charge is -2.08. The Labute approximate surface area is 188 Å². The van der Waals surface area contributed by atoms with Crippen molar-refractivity contribution in [1.82, 2.24) is 10.3 Å². The van der Waals surface area contributed by atoms with Crippen molar-refractivity contribution < 1.29 is 9.53 Å². The maximum atomic E-state index is 12.4. The van der Waals surface area contributed by atoms with Gasteiger partial charge < -0.3 is 15.0 Å². The Kier molecular flexibility index (Phi) is 6.45. The number of rotatable bonds is 7. The summed E-state index contributed by atoms with van der Waals surface area (Å²) in [5.41, 5.74) is 3.95. The van der Waals surface area contributed by atoms with Crippen molar-refractivity contribution in [2.45, 2.75) is 4.90 Å². The first-order chi connectivity index (χ1) is 14.7. The van der Waals surface area contributed by atoms with Gasteiger partial charge in [-0.1, -0.05) is 52.3 Å². The van der Waals surface area contributed by atoms with E-state index in [4.69, 9.17) is 4.74 Å². The molecule has 1 heterocycles. The molecule has 0 bridgehead atoms. The normalized spacial score (nSPS) is 10.9. The second kappa shape index (κ2) is 9.41. The van der Waals surface area contributed by atoms with Crippen LogP contribution in [-0.2, 0) is 0 Å². The van der Waals surface area contributed by atoms with Crippen LogP contribution in [0.1, 0.15) is 10.4 Å². The second-order valence-electron chi connectivity index (χ2n) is 6.72. The SMILES string of the molecule is COc1cccc(C(=O)NCCSc2c(-c3ccc(Br)cc3)[nH]c3ccccc23)c1. The summed E-state index contributed by atoms with van der Waals surface area (Å²) in [4.78, 5) is 17.2. The van der Waals surface area contributed by atoms with Crippen LogP contribution in [0.2, 0.25) is 0 Å². The van der Waals surface area contributed by atoms with Crippen molar-refractivity contribution in [3.63, 3.8) is 0 Å². The zero-order chi connectivity index (χ0) is 20.9. The van der Waals surface area contributed by atoms with E-state index in [1.54, 1.807) is 31.0 Å². The zero-order valence-corrected chi connectivity index (χ0v) is 18.8. The van der Waals surface area contributed by atoms with Crippen LogP contribution in [0.4, 0.5) is 0 Å². The molecule has 0 unspecified atom stereocenters. The Balaban J connectivity index is 1.47. The molecule has 4 rings (SSSR count). The van der Waals surface area contributed by atoms with Crippen LogP contribution in [0.15, 0.2) is 82.2 Å². The van der Waals surface area contributed by atoms with E-state index in [0.29, 0.717) is 17.9 Å². The van der Waals surface area contributed by atoms with Crippen LogP contribution in [0.25, 0.3) is 22.2 Å². The Hall–Kier alpha value is -2.70. The molecule has 0 aliphatic heterocycles. The van der Waals surface area contributed by atoms with Crippen LogP contribution < -0.4 is 10.1 Å². The number of carbonyl (C=O) groups is 1. The Morgan fingerprint density at radius 1 is 1.07 bits per heavy atom. The van der Waals surface area contributed by atoms with Crippen molar-refractivity contribution in [2.75, 3.05) is 19.4 Å². The molecule has 2 N–H and O–H groups in total. The first-order valence-electron chi connectivity index (χ1n) is 9.57. The smallest absolute Gasteiger partial charge is 0.251 e. The molecule has 0 fully saturated rings. The number of aromatic amines is 1. The molecule has 4 nitrogen and oxygen atoms in total. The molecule has 0 spiro atoms. The molecular weight excluding hydrogens is 460 g/mol. The van der Waals surface area contributed by atoms with Crippen LogP contribution in [0.5, 0.6) is 5.75 Å². The molecule has 0 saturated carbocycles. The van der Waals surface area contributed by atoms with Crippen molar-refractivity contribution in [3.8, 4) is 17.0 Å². The Bertz CT molecular complexity index is 1170. The van der Waals surface area contributed by atoms with Gasteiger partial charge in [0, 0.05) is 38.1 Å². The summed E-state index contributed by atoms with van der Waals surface area (Å²) in [6.45, 7) is 0.569. The number of ether oxygens (including phenoxy) is 1. The number of benzene rings is 3. The summed E-state index contributed by atoms with van der Waals surface area (Å²) in [5, 5.41) is 4.19. The van der Waals surface area contributed by atoms with Crippen LogP contribution >= 0.6 is 27.7 Å². The van der Waals surface area contributed by atoms with Crippen molar-refractivity contribution in [1.29, 1.82) is 0 Å². The molecule has 1 aromatic heterocycles. The number of nitrogens with one attached hydrogen (secondary N) is 2. The van der Waals surface area contributed by atoms with Gasteiger partial charge in [-0.2, -0.15) is 0 Å². The number of thioether (sulfide) groups is 1. The number of hydrogen-bond acceptors (Lipinski definition) is 3. The Morgan fingerprint density at radius 3 is 2.67 bits per heavy atom. The largest absolute Gasteiger partial charge is 0.497 e. The van der Waals surface area contributed by atoms with Crippen LogP contribution in [0, 0.1) is 0 Å². The van der Waals surface area contributed by atoms with Crippen molar-refractivity contribution >= 4 is 44.5 Å². The molecule has 6 heteroatoms. The molecule has 0 radical (unpaired) electrons. The van der Waals surface area contributed by atoms with Crippen LogP contribution in [0.3, 0.4) is 0 Å². The summed E-state index contributed by atoms with van der Waals surface area (Å²) in [6, 6.07) is 23.8. The van der Waals surface area contributed by atoms with Gasteiger partial charge in [0.1, 0.15) is 5.75 Å². The number of methoxy groups -OCH3 is 1. The number of fused-ring (bicyclic) bond motifs is 1. The van der Waals surface area contributed by atoms with Crippen molar-refractivity contribution in [3.05, 3.63) is 82.8 Å². The molecule has 1 amide bonds. The first-order valence-corrected chi connectivity index (χ1v) is 11.4. The lowest BCUT2D eigenvalue weighted by atomic mass is 10.1. The highest BCUT2D eigenvalue weighted by Crippen LogP contribution is 2.37. The molecule has 4 aromatic rings. The zero-order valence-electron chi connectivity index (χ0n) is 16.4. The van der Waals surface area contributed by atoms with Crippen molar-refractivity contribution in [2.24, 2.45) is 0 Å². The fourth-order valence-electron chi connectivity index (χ4n) is 3.27. The van der Waals surface area contributed by atoms with Gasteiger partial charge in [-0.3, -0.25) is 4.79 Å². The molecule has 30 heavy (non-hydrogen) atoms. The predicted molar refractivity (Wildman–Crippen MR) is 127 cm³/mol. The fourth-order valence-corrected chi connectivity index (χ4v) is 4.59. The van der Waals surface area contributed by atoms with Gasteiger partial charge in [0.25, 0.3) is 5.91 Å². The number of aromatic nitrogens is 1. The maximum absolute atomic E-state index is 12.4. The van der Waals surface area contributed by atoms with E-state index in [1.807, 2.05) is 30.3 Å². The van der Waals surface area contributed by atoms with Gasteiger partial charge in [0.2, 0.25) is 0 Å². The van der Waals surface area contributed by atoms with E-state index in [2.05, 4.69) is 56.6 Å². The molecule has 0 atom stereocenters. The summed E-state index contributed by atoms with van der Waals surface area (Å²) in [7, 11) is 1.60. The van der Waals surface area contributed by atoms with Gasteiger partial charge in [0.05, 0.1) is 12.8 Å². The second-order valence-corrected chi connectivity index (χ2v) is 8.74. The topological polar surface area (TPSA) is 54.1 Å². The highest BCUT2D eigenvalue weighted by molar-refractivity contribution is 9.10. The lowest BCUT2D eigenvalue weighted by Crippen LogP contribution is -2.25.